The van der Waals surface area contributed by atoms with Crippen LogP contribution >= 0.6 is 11.6 Å². The van der Waals surface area contributed by atoms with E-state index in [4.69, 9.17) is 11.6 Å². The van der Waals surface area contributed by atoms with E-state index in [0.29, 0.717) is 21.9 Å². The minimum Gasteiger partial charge on any atom is -0.343 e. The fourth-order valence-corrected chi connectivity index (χ4v) is 2.58. The Morgan fingerprint density at radius 3 is 2.81 bits per heavy atom. The number of aromatic amines is 1. The van der Waals surface area contributed by atoms with Crippen LogP contribution in [0.3, 0.4) is 0 Å². The number of H-pyrrole nitrogens is 1. The Morgan fingerprint density at radius 1 is 1.24 bits per heavy atom. The van der Waals surface area contributed by atoms with Crippen LogP contribution in [0.1, 0.15) is 21.5 Å². The Morgan fingerprint density at radius 2 is 2.05 bits per heavy atom. The summed E-state index contributed by atoms with van der Waals surface area (Å²) in [7, 11) is 0. The van der Waals surface area contributed by atoms with Gasteiger partial charge in [0.15, 0.2) is 5.65 Å². The van der Waals surface area contributed by atoms with Crippen LogP contribution in [0.2, 0.25) is 5.02 Å². The van der Waals surface area contributed by atoms with Crippen molar-refractivity contribution < 1.29 is 4.79 Å². The van der Waals surface area contributed by atoms with Crippen LogP contribution in [0.15, 0.2) is 30.7 Å². The zero-order valence-electron chi connectivity index (χ0n) is 11.6. The van der Waals surface area contributed by atoms with Gasteiger partial charge in [-0.3, -0.25) is 4.79 Å². The van der Waals surface area contributed by atoms with Crippen molar-refractivity contribution in [1.82, 2.24) is 15.0 Å². The van der Waals surface area contributed by atoms with Gasteiger partial charge in [0.2, 0.25) is 0 Å². The summed E-state index contributed by atoms with van der Waals surface area (Å²) in [5.74, 6) is -0.257. The van der Waals surface area contributed by atoms with Gasteiger partial charge < -0.3 is 10.3 Å². The van der Waals surface area contributed by atoms with Crippen LogP contribution < -0.4 is 5.32 Å². The normalized spacial score (nSPS) is 10.8. The number of pyridine rings is 1. The van der Waals surface area contributed by atoms with Crippen molar-refractivity contribution >= 4 is 34.4 Å². The molecule has 2 aromatic heterocycles. The molecule has 2 N–H and O–H groups in total. The molecule has 0 fully saturated rings. The van der Waals surface area contributed by atoms with E-state index in [0.717, 1.165) is 16.6 Å². The molecule has 0 saturated carbocycles. The molecule has 0 atom stereocenters. The average Bonchev–Trinajstić information content (AvgIpc) is 2.89. The number of carbonyl (C=O) groups excluding carboxylic acids is 1. The van der Waals surface area contributed by atoms with Crippen LogP contribution in [-0.2, 0) is 0 Å². The fourth-order valence-electron chi connectivity index (χ4n) is 2.21. The first-order valence-corrected chi connectivity index (χ1v) is 6.79. The van der Waals surface area contributed by atoms with Crippen LogP contribution in [0.5, 0.6) is 0 Å². The van der Waals surface area contributed by atoms with Crippen LogP contribution in [0.25, 0.3) is 11.2 Å². The van der Waals surface area contributed by atoms with E-state index < -0.39 is 0 Å². The number of nitrogens with zero attached hydrogens (tertiary/aromatic N) is 2. The van der Waals surface area contributed by atoms with E-state index in [1.165, 1.54) is 6.20 Å². The summed E-state index contributed by atoms with van der Waals surface area (Å²) in [4.78, 5) is 23.4. The van der Waals surface area contributed by atoms with Gasteiger partial charge in [-0.15, -0.1) is 0 Å². The molecule has 0 radical (unpaired) electrons. The largest absolute Gasteiger partial charge is 0.343 e. The molecule has 2 heterocycles. The molecule has 106 valence electrons. The summed E-state index contributed by atoms with van der Waals surface area (Å²) in [5.41, 5.74) is 4.34. The molecule has 5 nitrogen and oxygen atoms in total. The Kier molecular flexibility index (Phi) is 3.35. The number of aromatic nitrogens is 3. The van der Waals surface area contributed by atoms with Crippen LogP contribution in [0, 0.1) is 13.8 Å². The number of rotatable bonds is 2. The number of carbonyl (C=O) groups is 1. The molecule has 0 aliphatic rings. The number of halogens is 1. The third kappa shape index (κ3) is 2.60. The second kappa shape index (κ2) is 5.18. The lowest BCUT2D eigenvalue weighted by atomic mass is 10.1. The number of hydrogen-bond donors (Lipinski definition) is 2. The molecule has 0 aliphatic heterocycles. The molecule has 0 bridgehead atoms. The summed E-state index contributed by atoms with van der Waals surface area (Å²) in [6.45, 7) is 3.87. The zero-order chi connectivity index (χ0) is 15.0. The molecule has 0 spiro atoms. The van der Waals surface area contributed by atoms with Crippen molar-refractivity contribution in [2.45, 2.75) is 13.8 Å². The van der Waals surface area contributed by atoms with Crippen LogP contribution in [0.4, 0.5) is 5.69 Å². The minimum atomic E-state index is -0.257. The SMILES string of the molecule is Cc1cc(C)c(NC(=O)c2cnc3nc[nH]c3c2)c(Cl)c1. The summed E-state index contributed by atoms with van der Waals surface area (Å²) in [5, 5.41) is 3.36. The van der Waals surface area contributed by atoms with Crippen LogP contribution in [-0.4, -0.2) is 20.9 Å². The van der Waals surface area contributed by atoms with Gasteiger partial charge in [-0.1, -0.05) is 17.7 Å². The van der Waals surface area contributed by atoms with Gasteiger partial charge in [-0.05, 0) is 37.1 Å². The Balaban J connectivity index is 1.92. The first-order chi connectivity index (χ1) is 10.0. The second-order valence-electron chi connectivity index (χ2n) is 4.89. The van der Waals surface area contributed by atoms with Gasteiger partial charge in [0.1, 0.15) is 0 Å². The van der Waals surface area contributed by atoms with Gasteiger partial charge in [0.25, 0.3) is 5.91 Å². The quantitative estimate of drug-likeness (QED) is 0.761. The monoisotopic (exact) mass is 300 g/mol. The predicted octanol–water partition coefficient (Wildman–Crippen LogP) is 3.48. The van der Waals surface area contributed by atoms with E-state index in [1.54, 1.807) is 12.4 Å². The topological polar surface area (TPSA) is 70.7 Å². The molecule has 6 heteroatoms. The maximum atomic E-state index is 12.3. The lowest BCUT2D eigenvalue weighted by molar-refractivity contribution is 0.102. The van der Waals surface area contributed by atoms with Crippen molar-refractivity contribution in [3.63, 3.8) is 0 Å². The lowest BCUT2D eigenvalue weighted by Gasteiger charge is -2.11. The molecule has 3 rings (SSSR count). The van der Waals surface area contributed by atoms with Gasteiger partial charge in [0.05, 0.1) is 28.1 Å². The average molecular weight is 301 g/mol. The Hall–Kier alpha value is -2.40. The first-order valence-electron chi connectivity index (χ1n) is 6.42. The third-order valence-electron chi connectivity index (χ3n) is 3.21. The van der Waals surface area contributed by atoms with E-state index in [9.17, 15) is 4.79 Å². The summed E-state index contributed by atoms with van der Waals surface area (Å²) >= 11 is 6.20. The number of amides is 1. The highest BCUT2D eigenvalue weighted by atomic mass is 35.5. The molecule has 1 amide bonds. The molecule has 21 heavy (non-hydrogen) atoms. The number of anilines is 1. The molecule has 0 unspecified atom stereocenters. The maximum Gasteiger partial charge on any atom is 0.257 e. The van der Waals surface area contributed by atoms with Gasteiger partial charge in [0, 0.05) is 6.20 Å². The Bertz CT molecular complexity index is 818. The van der Waals surface area contributed by atoms with Crippen molar-refractivity contribution in [2.75, 3.05) is 5.32 Å². The highest BCUT2D eigenvalue weighted by molar-refractivity contribution is 6.34. The molecular formula is C15H13ClN4O. The number of aryl methyl sites for hydroxylation is 2. The zero-order valence-corrected chi connectivity index (χ0v) is 12.3. The van der Waals surface area contributed by atoms with E-state index >= 15 is 0 Å². The minimum absolute atomic E-state index is 0.257. The van der Waals surface area contributed by atoms with Crippen molar-refractivity contribution in [1.29, 1.82) is 0 Å². The number of benzene rings is 1. The molecule has 0 aliphatic carbocycles. The summed E-state index contributed by atoms with van der Waals surface area (Å²) in [6, 6.07) is 5.50. The number of nitrogens with one attached hydrogen (secondary N) is 2. The summed E-state index contributed by atoms with van der Waals surface area (Å²) in [6.07, 6.45) is 3.04. The standard InChI is InChI=1S/C15H13ClN4O/c1-8-3-9(2)13(11(16)4-8)20-15(21)10-5-12-14(17-6-10)19-7-18-12/h3-7H,1-2H3,(H,20,21)(H,17,18,19). The van der Waals surface area contributed by atoms with Crippen molar-refractivity contribution in [2.24, 2.45) is 0 Å². The van der Waals surface area contributed by atoms with Crippen molar-refractivity contribution in [3.8, 4) is 0 Å². The number of hydrogen-bond acceptors (Lipinski definition) is 3. The summed E-state index contributed by atoms with van der Waals surface area (Å²) < 4.78 is 0. The second-order valence-corrected chi connectivity index (χ2v) is 5.30. The number of imidazole rings is 1. The molecule has 0 saturated heterocycles. The van der Waals surface area contributed by atoms with Gasteiger partial charge >= 0.3 is 0 Å². The predicted molar refractivity (Wildman–Crippen MR) is 82.8 cm³/mol. The molecule has 3 aromatic rings. The smallest absolute Gasteiger partial charge is 0.257 e. The fraction of sp³-hybridized carbons (Fsp3) is 0.133. The lowest BCUT2D eigenvalue weighted by Crippen LogP contribution is -2.13. The van der Waals surface area contributed by atoms with E-state index in [-0.39, 0.29) is 5.91 Å². The third-order valence-corrected chi connectivity index (χ3v) is 3.50. The molecular weight excluding hydrogens is 288 g/mol. The highest BCUT2D eigenvalue weighted by Gasteiger charge is 2.12. The highest BCUT2D eigenvalue weighted by Crippen LogP contribution is 2.27. The van der Waals surface area contributed by atoms with E-state index in [1.807, 2.05) is 26.0 Å². The molecule has 1 aromatic carbocycles. The number of fused-ring (bicyclic) bond motifs is 1. The maximum absolute atomic E-state index is 12.3. The first kappa shape index (κ1) is 13.6. The van der Waals surface area contributed by atoms with Crippen molar-refractivity contribution in [3.05, 3.63) is 52.4 Å². The van der Waals surface area contributed by atoms with Gasteiger partial charge in [-0.2, -0.15) is 0 Å². The Labute approximate surface area is 126 Å². The van der Waals surface area contributed by atoms with E-state index in [2.05, 4.69) is 20.3 Å². The van der Waals surface area contributed by atoms with Gasteiger partial charge in [-0.25, -0.2) is 9.97 Å².